The molecule has 0 aromatic carbocycles. The van der Waals surface area contributed by atoms with Crippen LogP contribution in [-0.4, -0.2) is 32.2 Å². The van der Waals surface area contributed by atoms with Gasteiger partial charge in [0.2, 0.25) is 0 Å². The lowest BCUT2D eigenvalue weighted by atomic mass is 10.1. The predicted octanol–water partition coefficient (Wildman–Crippen LogP) is -0.581. The molecule has 0 amide bonds. The lowest BCUT2D eigenvalue weighted by Gasteiger charge is -2.16. The fourth-order valence-corrected chi connectivity index (χ4v) is 1.63. The van der Waals surface area contributed by atoms with Crippen LogP contribution in [0.1, 0.15) is 16.1 Å². The highest BCUT2D eigenvalue weighted by molar-refractivity contribution is 5.96. The molecule has 7 heteroatoms. The van der Waals surface area contributed by atoms with Crippen LogP contribution in [0.25, 0.3) is 5.78 Å². The minimum Gasteiger partial charge on any atom is -0.462 e. The Kier molecular flexibility index (Phi) is 1.44. The number of anilines is 1. The number of ether oxygens (including phenoxy) is 1. The van der Waals surface area contributed by atoms with E-state index in [0.29, 0.717) is 30.1 Å². The van der Waals surface area contributed by atoms with Crippen LogP contribution in [0.4, 0.5) is 5.82 Å². The van der Waals surface area contributed by atoms with E-state index in [9.17, 15) is 4.79 Å². The van der Waals surface area contributed by atoms with E-state index in [-0.39, 0.29) is 5.82 Å². The molecular weight excluding hydrogens is 198 g/mol. The molecule has 2 N–H and O–H groups in total. The molecular formula is C8H7N5O2. The number of rotatable bonds is 0. The Labute approximate surface area is 83.9 Å². The molecule has 1 aliphatic rings. The maximum atomic E-state index is 11.5. The zero-order valence-corrected chi connectivity index (χ0v) is 7.67. The van der Waals surface area contributed by atoms with Crippen LogP contribution in [-0.2, 0) is 11.2 Å². The smallest absolute Gasteiger partial charge is 0.343 e. The molecule has 3 heterocycles. The third kappa shape index (κ3) is 0.997. The van der Waals surface area contributed by atoms with Crippen LogP contribution in [0, 0.1) is 0 Å². The highest BCUT2D eigenvalue weighted by Crippen LogP contribution is 2.21. The molecule has 76 valence electrons. The fourth-order valence-electron chi connectivity index (χ4n) is 1.63. The summed E-state index contributed by atoms with van der Waals surface area (Å²) in [6, 6.07) is 0. The highest BCUT2D eigenvalue weighted by Gasteiger charge is 2.25. The normalized spacial score (nSPS) is 15.1. The quantitative estimate of drug-likeness (QED) is 0.578. The van der Waals surface area contributed by atoms with E-state index in [1.807, 2.05) is 0 Å². The topological polar surface area (TPSA) is 95.4 Å². The van der Waals surface area contributed by atoms with Crippen molar-refractivity contribution in [3.63, 3.8) is 0 Å². The second kappa shape index (κ2) is 2.66. The van der Waals surface area contributed by atoms with Crippen LogP contribution in [0.5, 0.6) is 0 Å². The van der Waals surface area contributed by atoms with Gasteiger partial charge in [0.25, 0.3) is 5.78 Å². The number of hydrogen-bond acceptors (Lipinski definition) is 6. The van der Waals surface area contributed by atoms with Gasteiger partial charge in [0.15, 0.2) is 0 Å². The van der Waals surface area contributed by atoms with E-state index in [1.165, 1.54) is 10.8 Å². The molecule has 0 aliphatic carbocycles. The molecule has 3 rings (SSSR count). The van der Waals surface area contributed by atoms with Gasteiger partial charge in [-0.1, -0.05) is 0 Å². The number of nitrogen functional groups attached to an aromatic ring is 1. The predicted molar refractivity (Wildman–Crippen MR) is 49.2 cm³/mol. The number of aromatic nitrogens is 4. The third-order valence-corrected chi connectivity index (χ3v) is 2.31. The molecule has 0 unspecified atom stereocenters. The van der Waals surface area contributed by atoms with E-state index in [0.717, 1.165) is 0 Å². The summed E-state index contributed by atoms with van der Waals surface area (Å²) >= 11 is 0. The number of carbonyl (C=O) groups is 1. The SMILES string of the molecule is Nc1c2c(nc3ncnn13)CCOC2=O. The van der Waals surface area contributed by atoms with Crippen molar-refractivity contribution >= 4 is 17.6 Å². The lowest BCUT2D eigenvalue weighted by molar-refractivity contribution is 0.0478. The molecule has 2 aromatic rings. The van der Waals surface area contributed by atoms with Crippen LogP contribution in [0.2, 0.25) is 0 Å². The Morgan fingerprint density at radius 1 is 1.53 bits per heavy atom. The standard InChI is InChI=1S/C8H7N5O2/c9-6-5-4(1-2-15-7(5)14)12-8-10-3-11-13(6)8/h3H,1-2,9H2. The van der Waals surface area contributed by atoms with Gasteiger partial charge in [-0.3, -0.25) is 0 Å². The van der Waals surface area contributed by atoms with E-state index >= 15 is 0 Å². The van der Waals surface area contributed by atoms with Crippen molar-refractivity contribution in [3.05, 3.63) is 17.6 Å². The number of hydrogen-bond donors (Lipinski definition) is 1. The molecule has 0 bridgehead atoms. The first-order valence-corrected chi connectivity index (χ1v) is 4.42. The number of fused-ring (bicyclic) bond motifs is 2. The second-order valence-corrected chi connectivity index (χ2v) is 3.18. The van der Waals surface area contributed by atoms with E-state index in [1.54, 1.807) is 0 Å². The van der Waals surface area contributed by atoms with Gasteiger partial charge in [0, 0.05) is 6.42 Å². The van der Waals surface area contributed by atoms with Crippen molar-refractivity contribution in [1.29, 1.82) is 0 Å². The summed E-state index contributed by atoms with van der Waals surface area (Å²) in [5.41, 5.74) is 6.73. The van der Waals surface area contributed by atoms with Crippen LogP contribution < -0.4 is 5.73 Å². The third-order valence-electron chi connectivity index (χ3n) is 2.31. The Bertz CT molecular complexity index is 561. The molecule has 2 aromatic heterocycles. The summed E-state index contributed by atoms with van der Waals surface area (Å²) in [6.45, 7) is 0.336. The number of nitrogens with zero attached hydrogens (tertiary/aromatic N) is 4. The number of esters is 1. The number of carbonyl (C=O) groups excluding carboxylic acids is 1. The van der Waals surface area contributed by atoms with Gasteiger partial charge in [-0.05, 0) is 0 Å². The van der Waals surface area contributed by atoms with Crippen LogP contribution in [0.3, 0.4) is 0 Å². The molecule has 1 aliphatic heterocycles. The Morgan fingerprint density at radius 2 is 2.40 bits per heavy atom. The Morgan fingerprint density at radius 3 is 3.27 bits per heavy atom. The van der Waals surface area contributed by atoms with Crippen molar-refractivity contribution in [3.8, 4) is 0 Å². The van der Waals surface area contributed by atoms with E-state index < -0.39 is 5.97 Å². The summed E-state index contributed by atoms with van der Waals surface area (Å²) < 4.78 is 6.21. The van der Waals surface area contributed by atoms with E-state index in [4.69, 9.17) is 10.5 Å². The molecule has 0 spiro atoms. The average molecular weight is 205 g/mol. The minimum absolute atomic E-state index is 0.234. The summed E-state index contributed by atoms with van der Waals surface area (Å²) in [7, 11) is 0. The number of nitrogens with two attached hydrogens (primary N) is 1. The van der Waals surface area contributed by atoms with Gasteiger partial charge < -0.3 is 10.5 Å². The molecule has 7 nitrogen and oxygen atoms in total. The minimum atomic E-state index is -0.446. The van der Waals surface area contributed by atoms with Gasteiger partial charge in [-0.2, -0.15) is 14.6 Å². The van der Waals surface area contributed by atoms with Crippen LogP contribution >= 0.6 is 0 Å². The summed E-state index contributed by atoms with van der Waals surface area (Å²) in [6.07, 6.45) is 1.91. The average Bonchev–Trinajstić information content (AvgIpc) is 2.66. The molecule has 0 radical (unpaired) electrons. The van der Waals surface area contributed by atoms with E-state index in [2.05, 4.69) is 15.1 Å². The molecule has 0 saturated carbocycles. The zero-order chi connectivity index (χ0) is 10.4. The second-order valence-electron chi connectivity index (χ2n) is 3.18. The maximum Gasteiger partial charge on any atom is 0.343 e. The first kappa shape index (κ1) is 8.16. The van der Waals surface area contributed by atoms with Gasteiger partial charge in [-0.25, -0.2) is 9.78 Å². The fraction of sp³-hybridized carbons (Fsp3) is 0.250. The largest absolute Gasteiger partial charge is 0.462 e. The van der Waals surface area contributed by atoms with Gasteiger partial charge in [0.1, 0.15) is 17.7 Å². The Hall–Kier alpha value is -2.18. The lowest BCUT2D eigenvalue weighted by Crippen LogP contribution is -2.23. The summed E-state index contributed by atoms with van der Waals surface area (Å²) in [5.74, 6) is 0.191. The van der Waals surface area contributed by atoms with Crippen LogP contribution in [0.15, 0.2) is 6.33 Å². The van der Waals surface area contributed by atoms with Crippen molar-refractivity contribution in [2.24, 2.45) is 0 Å². The summed E-state index contributed by atoms with van der Waals surface area (Å²) in [5, 5.41) is 3.87. The van der Waals surface area contributed by atoms with Crippen molar-refractivity contribution in [2.45, 2.75) is 6.42 Å². The highest BCUT2D eigenvalue weighted by atomic mass is 16.5. The molecule has 15 heavy (non-hydrogen) atoms. The maximum absolute atomic E-state index is 11.5. The van der Waals surface area contributed by atoms with Crippen molar-refractivity contribution in [2.75, 3.05) is 12.3 Å². The molecule has 0 fully saturated rings. The van der Waals surface area contributed by atoms with Gasteiger partial charge in [-0.15, -0.1) is 0 Å². The number of cyclic esters (lactones) is 1. The first-order valence-electron chi connectivity index (χ1n) is 4.42. The van der Waals surface area contributed by atoms with Gasteiger partial charge in [0.05, 0.1) is 12.3 Å². The molecule has 0 atom stereocenters. The van der Waals surface area contributed by atoms with Gasteiger partial charge >= 0.3 is 5.97 Å². The first-order chi connectivity index (χ1) is 7.27. The zero-order valence-electron chi connectivity index (χ0n) is 7.67. The Balaban J connectivity index is 2.41. The summed E-state index contributed by atoms with van der Waals surface area (Å²) in [4.78, 5) is 19.6. The van der Waals surface area contributed by atoms with Crippen molar-refractivity contribution in [1.82, 2.24) is 19.6 Å². The van der Waals surface area contributed by atoms with Crippen molar-refractivity contribution < 1.29 is 9.53 Å². The molecule has 0 saturated heterocycles. The monoisotopic (exact) mass is 205 g/mol.